The Kier molecular flexibility index (Phi) is 4.57. The fraction of sp³-hybridized carbons (Fsp3) is 0. The second kappa shape index (κ2) is 10.9. The number of benzene rings is 10. The summed E-state index contributed by atoms with van der Waals surface area (Å²) in [5.74, 6) is 0. The van der Waals surface area contributed by atoms with Crippen molar-refractivity contribution in [3.8, 4) is 33.4 Å². The third-order valence-electron chi connectivity index (χ3n) is 10.2. The van der Waals surface area contributed by atoms with Crippen molar-refractivity contribution in [2.75, 3.05) is 0 Å². The van der Waals surface area contributed by atoms with E-state index in [1.807, 2.05) is 127 Å². The molecule has 0 saturated heterocycles. The molecule has 1 heterocycles. The molecule has 0 bridgehead atoms. The highest BCUT2D eigenvalue weighted by molar-refractivity contribution is 6.28. The summed E-state index contributed by atoms with van der Waals surface area (Å²) < 4.78 is 81.1. The molecule has 1 heteroatoms. The van der Waals surface area contributed by atoms with Crippen LogP contribution in [-0.2, 0) is 0 Å². The first-order valence-corrected chi connectivity index (χ1v) is 16.9. The van der Waals surface area contributed by atoms with Gasteiger partial charge in [-0.15, -0.1) is 0 Å². The summed E-state index contributed by atoms with van der Waals surface area (Å²) in [6, 6.07) is 40.6. The lowest BCUT2D eigenvalue weighted by Gasteiger charge is -2.20. The molecule has 0 saturated carbocycles. The van der Waals surface area contributed by atoms with Crippen LogP contribution >= 0.6 is 0 Å². The maximum absolute atomic E-state index is 9.64. The van der Waals surface area contributed by atoms with E-state index in [1.165, 1.54) is 0 Å². The summed E-state index contributed by atoms with van der Waals surface area (Å²) in [6.07, 6.45) is 0. The minimum absolute atomic E-state index is 0.161. The second-order valence-electron chi connectivity index (χ2n) is 13.0. The summed E-state index contributed by atoms with van der Waals surface area (Å²) in [6.45, 7) is 0. The minimum Gasteiger partial charge on any atom is -0.456 e. The predicted octanol–water partition coefficient (Wildman–Crippen LogP) is 14.4. The Labute approximate surface area is 305 Å². The van der Waals surface area contributed by atoms with Crippen molar-refractivity contribution in [2.45, 2.75) is 0 Å². The van der Waals surface area contributed by atoms with Crippen LogP contribution in [0.15, 0.2) is 186 Å². The molecule has 0 spiro atoms. The van der Waals surface area contributed by atoms with Crippen LogP contribution in [0.2, 0.25) is 0 Å². The van der Waals surface area contributed by atoms with E-state index in [4.69, 9.17) is 9.90 Å². The van der Waals surface area contributed by atoms with Gasteiger partial charge in [0.25, 0.3) is 0 Å². The molecule has 0 atom stereocenters. The Hall–Kier alpha value is -6.70. The highest BCUT2D eigenvalue weighted by Crippen LogP contribution is 2.49. The number of fused-ring (bicyclic) bond motifs is 9. The monoisotopic (exact) mass is 654 g/mol. The topological polar surface area (TPSA) is 13.1 Å². The van der Waals surface area contributed by atoms with E-state index in [9.17, 15) is 5.48 Å². The smallest absolute Gasteiger partial charge is 0.136 e. The van der Waals surface area contributed by atoms with Crippen molar-refractivity contribution in [3.05, 3.63) is 182 Å². The molecular weight excluding hydrogens is 617 g/mol. The second-order valence-corrected chi connectivity index (χ2v) is 13.0. The van der Waals surface area contributed by atoms with Crippen LogP contribution in [0.4, 0.5) is 0 Å². The molecule has 0 aliphatic carbocycles. The van der Waals surface area contributed by atoms with Crippen molar-refractivity contribution in [3.63, 3.8) is 0 Å². The Morgan fingerprint density at radius 3 is 1.71 bits per heavy atom. The zero-order valence-corrected chi connectivity index (χ0v) is 27.1. The number of hydrogen-bond acceptors (Lipinski definition) is 1. The average molecular weight is 655 g/mol. The number of hydrogen-bond donors (Lipinski definition) is 0. The van der Waals surface area contributed by atoms with Crippen molar-refractivity contribution >= 4 is 75.8 Å². The Morgan fingerprint density at radius 2 is 0.980 bits per heavy atom. The van der Waals surface area contributed by atoms with Gasteiger partial charge >= 0.3 is 0 Å². The molecule has 236 valence electrons. The van der Waals surface area contributed by atoms with Crippen LogP contribution < -0.4 is 0 Å². The molecule has 51 heavy (non-hydrogen) atoms. The standard InChI is InChI=1S/C50H30O/c1-2-13-31(14-3-1)34-25-26-37-43(27-34)36-18-7-6-17-35(36)29-44(37)49-40-21-10-8-19-38(40)48(39-20-9-11-22-41(39)49)42-23-12-24-46-50(42)45-28-32-15-4-5-16-33(32)30-47(45)51-46/h1-30H/i8D,9D,10D,11D,19D,20D,21D,22D. The Morgan fingerprint density at radius 1 is 0.353 bits per heavy atom. The van der Waals surface area contributed by atoms with Crippen LogP contribution in [0, 0.1) is 0 Å². The van der Waals surface area contributed by atoms with Gasteiger partial charge in [0.15, 0.2) is 0 Å². The molecule has 0 aliphatic rings. The highest BCUT2D eigenvalue weighted by Gasteiger charge is 2.22. The van der Waals surface area contributed by atoms with Gasteiger partial charge in [-0.2, -0.15) is 0 Å². The van der Waals surface area contributed by atoms with E-state index in [0.717, 1.165) is 48.8 Å². The molecule has 0 radical (unpaired) electrons. The Bertz CT molecular complexity index is 3570. The summed E-state index contributed by atoms with van der Waals surface area (Å²) in [4.78, 5) is 0. The van der Waals surface area contributed by atoms with Gasteiger partial charge in [-0.1, -0.05) is 151 Å². The molecule has 0 N–H and O–H groups in total. The van der Waals surface area contributed by atoms with E-state index in [-0.39, 0.29) is 51.3 Å². The lowest BCUT2D eigenvalue weighted by molar-refractivity contribution is 0.669. The summed E-state index contributed by atoms with van der Waals surface area (Å²) in [5.41, 5.74) is 4.90. The third kappa shape index (κ3) is 4.22. The SMILES string of the molecule is [2H]c1c([2H])c([2H])c2c(-c3cccc4oc5cc6ccccc6cc5c34)c3c([2H])c([2H])c([2H])c([2H])c3c(-c3cc4ccccc4c4cc(-c5ccccc5)ccc34)c2c1[2H]. The average Bonchev–Trinajstić information content (AvgIpc) is 3.64. The molecule has 1 nitrogen and oxygen atoms in total. The van der Waals surface area contributed by atoms with Crippen LogP contribution in [0.25, 0.3) is 109 Å². The van der Waals surface area contributed by atoms with Gasteiger partial charge < -0.3 is 4.42 Å². The van der Waals surface area contributed by atoms with E-state index < -0.39 is 24.2 Å². The molecule has 10 aromatic carbocycles. The number of furan rings is 1. The zero-order chi connectivity index (χ0) is 40.4. The molecule has 11 aromatic rings. The molecule has 0 fully saturated rings. The molecule has 0 amide bonds. The molecule has 1 aromatic heterocycles. The summed E-state index contributed by atoms with van der Waals surface area (Å²) >= 11 is 0. The maximum atomic E-state index is 9.64. The first-order valence-electron chi connectivity index (χ1n) is 20.9. The number of rotatable bonds is 3. The van der Waals surface area contributed by atoms with Crippen LogP contribution in [-0.4, -0.2) is 0 Å². The quantitative estimate of drug-likeness (QED) is 0.136. The lowest BCUT2D eigenvalue weighted by atomic mass is 9.83. The van der Waals surface area contributed by atoms with E-state index >= 15 is 0 Å². The van der Waals surface area contributed by atoms with Gasteiger partial charge in [-0.3, -0.25) is 0 Å². The van der Waals surface area contributed by atoms with Crippen molar-refractivity contribution in [2.24, 2.45) is 0 Å². The van der Waals surface area contributed by atoms with Gasteiger partial charge in [0.05, 0.1) is 11.0 Å². The van der Waals surface area contributed by atoms with Crippen molar-refractivity contribution in [1.29, 1.82) is 0 Å². The Balaban J connectivity index is 1.39. The minimum atomic E-state index is -0.444. The third-order valence-corrected chi connectivity index (χ3v) is 10.2. The van der Waals surface area contributed by atoms with Gasteiger partial charge in [0.2, 0.25) is 0 Å². The van der Waals surface area contributed by atoms with Crippen LogP contribution in [0.1, 0.15) is 11.0 Å². The van der Waals surface area contributed by atoms with E-state index in [2.05, 4.69) is 6.07 Å². The fourth-order valence-corrected chi connectivity index (χ4v) is 8.00. The van der Waals surface area contributed by atoms with Crippen molar-refractivity contribution in [1.82, 2.24) is 0 Å². The van der Waals surface area contributed by atoms with Gasteiger partial charge in [0.1, 0.15) is 11.2 Å². The van der Waals surface area contributed by atoms with E-state index in [1.54, 1.807) is 0 Å². The lowest BCUT2D eigenvalue weighted by Crippen LogP contribution is -1.93. The predicted molar refractivity (Wildman–Crippen MR) is 218 cm³/mol. The summed E-state index contributed by atoms with van der Waals surface area (Å²) in [7, 11) is 0. The molecular formula is C50H30O. The first-order chi connectivity index (χ1) is 28.6. The highest BCUT2D eigenvalue weighted by atomic mass is 16.3. The van der Waals surface area contributed by atoms with E-state index in [0.29, 0.717) is 33.2 Å². The molecule has 0 aliphatic heterocycles. The zero-order valence-electron chi connectivity index (χ0n) is 35.1. The fourth-order valence-electron chi connectivity index (χ4n) is 8.00. The van der Waals surface area contributed by atoms with Crippen LogP contribution in [0.5, 0.6) is 0 Å². The van der Waals surface area contributed by atoms with Gasteiger partial charge in [0, 0.05) is 10.8 Å². The van der Waals surface area contributed by atoms with Gasteiger partial charge in [-0.05, 0) is 118 Å². The molecule has 11 rings (SSSR count). The molecule has 0 unspecified atom stereocenters. The first kappa shape index (κ1) is 21.4. The normalized spacial score (nSPS) is 14.1. The van der Waals surface area contributed by atoms with Crippen LogP contribution in [0.3, 0.4) is 0 Å². The van der Waals surface area contributed by atoms with Crippen molar-refractivity contribution < 1.29 is 15.4 Å². The van der Waals surface area contributed by atoms with Gasteiger partial charge in [-0.25, -0.2) is 0 Å². The maximum Gasteiger partial charge on any atom is 0.136 e. The largest absolute Gasteiger partial charge is 0.456 e. The summed E-state index contributed by atoms with van der Waals surface area (Å²) in [5, 5.41) is 7.59.